The predicted octanol–water partition coefficient (Wildman–Crippen LogP) is 5.16. The highest BCUT2D eigenvalue weighted by Crippen LogP contribution is 2.39. The molecule has 2 aliphatic heterocycles. The fourth-order valence-corrected chi connectivity index (χ4v) is 5.56. The first-order chi connectivity index (χ1) is 20.5. The molecule has 2 aliphatic rings. The molecule has 5 rings (SSSR count). The zero-order chi connectivity index (χ0) is 30.8. The van der Waals surface area contributed by atoms with Gasteiger partial charge in [0.25, 0.3) is 11.8 Å². The largest absolute Gasteiger partial charge is 0.497 e. The van der Waals surface area contributed by atoms with Crippen LogP contribution in [0.25, 0.3) is 0 Å². The highest BCUT2D eigenvalue weighted by Gasteiger charge is 2.54. The van der Waals surface area contributed by atoms with Gasteiger partial charge in [0, 0.05) is 48.6 Å². The highest BCUT2D eigenvalue weighted by atomic mass is 35.5. The lowest BCUT2D eigenvalue weighted by Crippen LogP contribution is -2.59. The second kappa shape index (κ2) is 12.3. The molecule has 0 aromatic heterocycles. The zero-order valence-electron chi connectivity index (χ0n) is 23.2. The Kier molecular flexibility index (Phi) is 8.66. The maximum absolute atomic E-state index is 13.9. The third-order valence-electron chi connectivity index (χ3n) is 7.76. The molecular weight excluding hydrogens is 587 g/mol. The van der Waals surface area contributed by atoms with Crippen LogP contribution >= 0.6 is 11.6 Å². The lowest BCUT2D eigenvalue weighted by molar-refractivity contribution is -0.137. The fraction of sp³-hybridized carbons (Fsp3) is 0.323. The summed E-state index contributed by atoms with van der Waals surface area (Å²) in [6.07, 6.45) is -4.01. The average Bonchev–Trinajstić information content (AvgIpc) is 3.38. The van der Waals surface area contributed by atoms with Crippen LogP contribution in [0.3, 0.4) is 0 Å². The number of amides is 3. The smallest absolute Gasteiger partial charge is 0.416 e. The number of carbonyl (C=O) groups is 3. The molecule has 1 N–H and O–H groups in total. The van der Waals surface area contributed by atoms with E-state index in [0.717, 1.165) is 12.1 Å². The monoisotopic (exact) mass is 615 g/mol. The molecule has 3 aromatic rings. The number of hydrogen-bond acceptors (Lipinski definition) is 5. The molecule has 0 radical (unpaired) electrons. The van der Waals surface area contributed by atoms with Crippen molar-refractivity contribution in [3.8, 4) is 5.75 Å². The molecule has 8 nitrogen and oxygen atoms in total. The second-order valence-electron chi connectivity index (χ2n) is 10.4. The number of likely N-dealkylation sites (tertiary alicyclic amines) is 1. The third kappa shape index (κ3) is 6.47. The average molecular weight is 616 g/mol. The van der Waals surface area contributed by atoms with Crippen molar-refractivity contribution < 1.29 is 37.0 Å². The maximum Gasteiger partial charge on any atom is 0.416 e. The number of benzene rings is 3. The lowest BCUT2D eigenvalue weighted by Gasteiger charge is -2.44. The van der Waals surface area contributed by atoms with E-state index < -0.39 is 35.3 Å². The molecule has 43 heavy (non-hydrogen) atoms. The van der Waals surface area contributed by atoms with Gasteiger partial charge in [-0.25, -0.2) is 0 Å². The summed E-state index contributed by atoms with van der Waals surface area (Å²) in [6.45, 7) is 0.264. The minimum atomic E-state index is -4.52. The number of nitrogens with one attached hydrogen (secondary N) is 1. The van der Waals surface area contributed by atoms with Crippen molar-refractivity contribution in [2.24, 2.45) is 0 Å². The van der Waals surface area contributed by atoms with Crippen molar-refractivity contribution in [2.75, 3.05) is 26.8 Å². The summed E-state index contributed by atoms with van der Waals surface area (Å²) >= 11 is 5.95. The number of alkyl halides is 3. The fourth-order valence-electron chi connectivity index (χ4n) is 5.44. The minimum absolute atomic E-state index is 0.110. The molecule has 226 valence electrons. The molecule has 1 unspecified atom stereocenters. The van der Waals surface area contributed by atoms with Crippen molar-refractivity contribution >= 4 is 29.3 Å². The Morgan fingerprint density at radius 2 is 1.60 bits per heavy atom. The topological polar surface area (TPSA) is 88.2 Å². The van der Waals surface area contributed by atoms with E-state index in [1.54, 1.807) is 53.4 Å². The van der Waals surface area contributed by atoms with Gasteiger partial charge in [0.1, 0.15) is 17.5 Å². The van der Waals surface area contributed by atoms with Gasteiger partial charge in [-0.3, -0.25) is 19.3 Å². The Bertz CT molecular complexity index is 1490. The van der Waals surface area contributed by atoms with E-state index in [0.29, 0.717) is 21.9 Å². The number of piperidine rings is 1. The Hall–Kier alpha value is -4.09. The van der Waals surface area contributed by atoms with E-state index >= 15 is 0 Å². The van der Waals surface area contributed by atoms with Gasteiger partial charge in [-0.2, -0.15) is 13.2 Å². The highest BCUT2D eigenvalue weighted by molar-refractivity contribution is 6.30. The van der Waals surface area contributed by atoms with Crippen LogP contribution in [0.4, 0.5) is 13.2 Å². The van der Waals surface area contributed by atoms with Gasteiger partial charge in [-0.1, -0.05) is 23.7 Å². The molecule has 0 aliphatic carbocycles. The van der Waals surface area contributed by atoms with Gasteiger partial charge in [0.2, 0.25) is 5.91 Å². The molecule has 0 bridgehead atoms. The number of carbonyl (C=O) groups excluding carboxylic acids is 3. The van der Waals surface area contributed by atoms with E-state index in [2.05, 4.69) is 5.32 Å². The molecule has 3 aromatic carbocycles. The molecule has 0 saturated carbocycles. The number of nitrogens with zero attached hydrogens (tertiary/aromatic N) is 2. The van der Waals surface area contributed by atoms with Crippen LogP contribution in [-0.2, 0) is 22.3 Å². The molecule has 1 atom stereocenters. The maximum atomic E-state index is 13.9. The summed E-state index contributed by atoms with van der Waals surface area (Å²) < 4.78 is 50.9. The quantitative estimate of drug-likeness (QED) is 0.414. The first kappa shape index (κ1) is 30.4. The summed E-state index contributed by atoms with van der Waals surface area (Å²) in [5.41, 5.74) is -0.935. The second-order valence-corrected chi connectivity index (χ2v) is 10.8. The van der Waals surface area contributed by atoms with Gasteiger partial charge in [-0.05, 0) is 66.2 Å². The van der Waals surface area contributed by atoms with Crippen LogP contribution in [0.2, 0.25) is 5.02 Å². The van der Waals surface area contributed by atoms with Gasteiger partial charge < -0.3 is 19.7 Å². The van der Waals surface area contributed by atoms with Gasteiger partial charge in [-0.15, -0.1) is 0 Å². The van der Waals surface area contributed by atoms with Crippen LogP contribution in [0, 0.1) is 0 Å². The van der Waals surface area contributed by atoms with Crippen molar-refractivity contribution in [2.45, 2.75) is 37.3 Å². The summed E-state index contributed by atoms with van der Waals surface area (Å²) in [7, 11) is 1.50. The normalized spacial score (nSPS) is 18.0. The van der Waals surface area contributed by atoms with E-state index in [9.17, 15) is 27.6 Å². The minimum Gasteiger partial charge on any atom is -0.497 e. The van der Waals surface area contributed by atoms with Gasteiger partial charge >= 0.3 is 6.18 Å². The Morgan fingerprint density at radius 3 is 2.23 bits per heavy atom. The Balaban J connectivity index is 1.35. The molecule has 3 amide bonds. The summed E-state index contributed by atoms with van der Waals surface area (Å²) in [6, 6.07) is 16.6. The number of ether oxygens (including phenoxy) is 2. The van der Waals surface area contributed by atoms with Gasteiger partial charge in [0.15, 0.2) is 0 Å². The van der Waals surface area contributed by atoms with Crippen molar-refractivity contribution in [3.05, 3.63) is 100 Å². The molecule has 1 spiro atoms. The van der Waals surface area contributed by atoms with Crippen molar-refractivity contribution in [3.63, 3.8) is 0 Å². The summed E-state index contributed by atoms with van der Waals surface area (Å²) in [4.78, 5) is 43.6. The van der Waals surface area contributed by atoms with Crippen molar-refractivity contribution in [1.82, 2.24) is 15.1 Å². The van der Waals surface area contributed by atoms with Crippen LogP contribution in [-0.4, -0.2) is 66.1 Å². The van der Waals surface area contributed by atoms with Crippen LogP contribution in [0.1, 0.15) is 44.7 Å². The van der Waals surface area contributed by atoms with E-state index in [4.69, 9.17) is 21.1 Å². The van der Waals surface area contributed by atoms with Crippen LogP contribution < -0.4 is 10.1 Å². The zero-order valence-corrected chi connectivity index (χ0v) is 24.0. The van der Waals surface area contributed by atoms with Crippen LogP contribution in [0.15, 0.2) is 72.8 Å². The van der Waals surface area contributed by atoms with Crippen LogP contribution in [0.5, 0.6) is 5.75 Å². The van der Waals surface area contributed by atoms with Crippen molar-refractivity contribution in [1.29, 1.82) is 0 Å². The number of methoxy groups -OCH3 is 1. The number of halogens is 4. The molecule has 2 saturated heterocycles. The van der Waals surface area contributed by atoms with Gasteiger partial charge in [0.05, 0.1) is 19.3 Å². The Labute approximate surface area is 251 Å². The summed E-state index contributed by atoms with van der Waals surface area (Å²) in [5, 5.41) is 3.19. The third-order valence-corrected chi connectivity index (χ3v) is 8.02. The molecular formula is C31H29ClF3N3O5. The lowest BCUT2D eigenvalue weighted by atomic mass is 9.96. The number of rotatable bonds is 6. The molecule has 2 heterocycles. The number of hydrogen-bond donors (Lipinski definition) is 1. The standard InChI is InChI=1S/C31H29ClF3N3O5/c1-42-25-11-7-22(8-12-25)29(41)38-26(27(39)36-18-20-3-2-4-23(17-20)31(33,34)35)19-43-30(38)13-15-37(16-14-30)28(40)21-5-9-24(32)10-6-21/h2-12,17,26H,13-16,18-19H2,1H3,(H,36,39). The van der Waals surface area contributed by atoms with E-state index in [1.807, 2.05) is 0 Å². The SMILES string of the molecule is COc1ccc(C(=O)N2C(C(=O)NCc3cccc(C(F)(F)F)c3)COC23CCN(C(=O)c2ccc(Cl)cc2)CC3)cc1. The molecule has 2 fully saturated rings. The summed E-state index contributed by atoms with van der Waals surface area (Å²) in [5.74, 6) is -0.645. The van der Waals surface area contributed by atoms with E-state index in [-0.39, 0.29) is 50.6 Å². The first-order valence-corrected chi connectivity index (χ1v) is 14.0. The predicted molar refractivity (Wildman–Crippen MR) is 152 cm³/mol. The molecule has 12 heteroatoms. The Morgan fingerprint density at radius 1 is 0.977 bits per heavy atom. The van der Waals surface area contributed by atoms with E-state index in [1.165, 1.54) is 24.1 Å². The first-order valence-electron chi connectivity index (χ1n) is 13.6.